The molecule has 3 aromatic rings. The van der Waals surface area contributed by atoms with Gasteiger partial charge in [0.05, 0.1) is 11.1 Å². The lowest BCUT2D eigenvalue weighted by atomic mass is 10.1. The Morgan fingerprint density at radius 1 is 1.14 bits per heavy atom. The Morgan fingerprint density at radius 3 is 2.79 bits per heavy atom. The molecule has 1 aliphatic heterocycles. The van der Waals surface area contributed by atoms with Crippen molar-refractivity contribution in [3.8, 4) is 0 Å². The molecule has 0 radical (unpaired) electrons. The minimum absolute atomic E-state index is 0.205. The summed E-state index contributed by atoms with van der Waals surface area (Å²) in [5, 5.41) is 5.69. The van der Waals surface area contributed by atoms with Crippen LogP contribution in [-0.4, -0.2) is 28.1 Å². The normalized spacial score (nSPS) is 16.8. The fraction of sp³-hybridized carbons (Fsp3) is 0.333. The van der Waals surface area contributed by atoms with E-state index >= 15 is 0 Å². The fourth-order valence-corrected chi connectivity index (χ4v) is 5.25. The van der Waals surface area contributed by atoms with Crippen LogP contribution in [0.25, 0.3) is 10.2 Å². The molecule has 0 atom stereocenters. The molecule has 1 aromatic carbocycles. The van der Waals surface area contributed by atoms with Gasteiger partial charge in [0.2, 0.25) is 5.91 Å². The predicted octanol–water partition coefficient (Wildman–Crippen LogP) is 4.14. The first-order valence-electron chi connectivity index (χ1n) is 9.67. The van der Waals surface area contributed by atoms with Crippen LogP contribution in [-0.2, 0) is 17.6 Å². The molecule has 1 saturated heterocycles. The molecule has 0 unspecified atom stereocenters. The number of amides is 1. The van der Waals surface area contributed by atoms with Gasteiger partial charge in [-0.05, 0) is 55.9 Å². The van der Waals surface area contributed by atoms with E-state index in [-0.39, 0.29) is 5.91 Å². The Balaban J connectivity index is 1.38. The standard InChI is InChI=1S/C21H21N5OS/c1-13(14-7-9-15(10-8-14)26-11-3-6-18(26)27)24-25-20-19-16-4-2-5-17(16)28-21(19)23-12-22-20/h7-10,12H,2-6,11H2,1H3,(H,22,23,25)/b24-13-. The number of anilines is 2. The van der Waals surface area contributed by atoms with Crippen molar-refractivity contribution < 1.29 is 4.79 Å². The number of carbonyl (C=O) groups excluding carboxylic acids is 1. The zero-order valence-corrected chi connectivity index (χ0v) is 16.6. The predicted molar refractivity (Wildman–Crippen MR) is 113 cm³/mol. The van der Waals surface area contributed by atoms with Gasteiger partial charge in [0, 0.05) is 23.5 Å². The molecular weight excluding hydrogens is 370 g/mol. The fourth-order valence-electron chi connectivity index (χ4n) is 4.02. The molecule has 0 saturated carbocycles. The third-order valence-electron chi connectivity index (χ3n) is 5.50. The molecule has 0 bridgehead atoms. The average molecular weight is 392 g/mol. The number of aryl methyl sites for hydroxylation is 2. The maximum absolute atomic E-state index is 11.9. The molecule has 2 aromatic heterocycles. The van der Waals surface area contributed by atoms with Crippen molar-refractivity contribution in [3.63, 3.8) is 0 Å². The summed E-state index contributed by atoms with van der Waals surface area (Å²) in [6, 6.07) is 8.01. The number of carbonyl (C=O) groups is 1. The van der Waals surface area contributed by atoms with Crippen LogP contribution in [0.1, 0.15) is 42.2 Å². The van der Waals surface area contributed by atoms with E-state index in [9.17, 15) is 4.79 Å². The van der Waals surface area contributed by atoms with Crippen molar-refractivity contribution in [2.75, 3.05) is 16.9 Å². The molecule has 6 nitrogen and oxygen atoms in total. The van der Waals surface area contributed by atoms with E-state index in [1.807, 2.05) is 36.1 Å². The van der Waals surface area contributed by atoms with Crippen LogP contribution >= 0.6 is 11.3 Å². The van der Waals surface area contributed by atoms with Gasteiger partial charge in [0.1, 0.15) is 11.2 Å². The first-order valence-corrected chi connectivity index (χ1v) is 10.5. The summed E-state index contributed by atoms with van der Waals surface area (Å²) in [7, 11) is 0. The number of nitrogens with zero attached hydrogens (tertiary/aromatic N) is 4. The summed E-state index contributed by atoms with van der Waals surface area (Å²) in [5.74, 6) is 0.985. The molecule has 2 aliphatic rings. The summed E-state index contributed by atoms with van der Waals surface area (Å²) in [5.41, 5.74) is 7.39. The highest BCUT2D eigenvalue weighted by Gasteiger charge is 2.22. The molecular formula is C21H21N5OS. The minimum atomic E-state index is 0.205. The van der Waals surface area contributed by atoms with Crippen LogP contribution in [0.5, 0.6) is 0 Å². The first kappa shape index (κ1) is 17.3. The van der Waals surface area contributed by atoms with Crippen molar-refractivity contribution >= 4 is 44.7 Å². The molecule has 28 heavy (non-hydrogen) atoms. The topological polar surface area (TPSA) is 70.5 Å². The lowest BCUT2D eigenvalue weighted by molar-refractivity contribution is -0.117. The van der Waals surface area contributed by atoms with Crippen LogP contribution < -0.4 is 10.3 Å². The third kappa shape index (κ3) is 2.96. The van der Waals surface area contributed by atoms with E-state index in [0.717, 1.165) is 58.8 Å². The maximum Gasteiger partial charge on any atom is 0.227 e. The van der Waals surface area contributed by atoms with E-state index in [1.165, 1.54) is 16.9 Å². The number of hydrogen-bond donors (Lipinski definition) is 1. The van der Waals surface area contributed by atoms with Crippen molar-refractivity contribution in [3.05, 3.63) is 46.6 Å². The number of aromatic nitrogens is 2. The monoisotopic (exact) mass is 391 g/mol. The molecule has 1 aliphatic carbocycles. The van der Waals surface area contributed by atoms with E-state index in [4.69, 9.17) is 0 Å². The van der Waals surface area contributed by atoms with Crippen molar-refractivity contribution in [1.29, 1.82) is 0 Å². The first-order chi connectivity index (χ1) is 13.7. The quantitative estimate of drug-likeness (QED) is 0.536. The van der Waals surface area contributed by atoms with Gasteiger partial charge >= 0.3 is 0 Å². The summed E-state index contributed by atoms with van der Waals surface area (Å²) in [6.45, 7) is 2.78. The molecule has 3 heterocycles. The molecule has 1 fully saturated rings. The number of hydrazone groups is 1. The SMILES string of the molecule is C/C(=N/Nc1ncnc2sc3c(c12)CCC3)c1ccc(N2CCCC2=O)cc1. The van der Waals surface area contributed by atoms with Crippen LogP contribution in [0.3, 0.4) is 0 Å². The number of fused-ring (bicyclic) bond motifs is 3. The number of rotatable bonds is 4. The van der Waals surface area contributed by atoms with Gasteiger partial charge in [-0.15, -0.1) is 11.3 Å². The van der Waals surface area contributed by atoms with Crippen LogP contribution in [0.2, 0.25) is 0 Å². The minimum Gasteiger partial charge on any atom is -0.312 e. The smallest absolute Gasteiger partial charge is 0.227 e. The second kappa shape index (κ2) is 6.98. The van der Waals surface area contributed by atoms with E-state index < -0.39 is 0 Å². The zero-order chi connectivity index (χ0) is 19.1. The zero-order valence-electron chi connectivity index (χ0n) is 15.7. The third-order valence-corrected chi connectivity index (χ3v) is 6.70. The highest BCUT2D eigenvalue weighted by Crippen LogP contribution is 2.39. The van der Waals surface area contributed by atoms with Crippen LogP contribution in [0.4, 0.5) is 11.5 Å². The summed E-state index contributed by atoms with van der Waals surface area (Å²) in [4.78, 5) is 25.1. The highest BCUT2D eigenvalue weighted by molar-refractivity contribution is 7.19. The van der Waals surface area contributed by atoms with Gasteiger partial charge in [0.15, 0.2) is 5.82 Å². The van der Waals surface area contributed by atoms with Gasteiger partial charge in [-0.25, -0.2) is 9.97 Å². The number of hydrogen-bond acceptors (Lipinski definition) is 6. The van der Waals surface area contributed by atoms with E-state index in [1.54, 1.807) is 17.7 Å². The second-order valence-electron chi connectivity index (χ2n) is 7.26. The number of thiophene rings is 1. The van der Waals surface area contributed by atoms with Gasteiger partial charge in [0.25, 0.3) is 0 Å². The van der Waals surface area contributed by atoms with Gasteiger partial charge in [-0.2, -0.15) is 5.10 Å². The molecule has 7 heteroatoms. The van der Waals surface area contributed by atoms with E-state index in [2.05, 4.69) is 20.5 Å². The van der Waals surface area contributed by atoms with Gasteiger partial charge in [-0.1, -0.05) is 12.1 Å². The Bertz CT molecular complexity index is 1090. The average Bonchev–Trinajstić information content (AvgIpc) is 3.42. The Morgan fingerprint density at radius 2 is 2.00 bits per heavy atom. The second-order valence-corrected chi connectivity index (χ2v) is 8.35. The summed E-state index contributed by atoms with van der Waals surface area (Å²) >= 11 is 1.77. The van der Waals surface area contributed by atoms with Crippen molar-refractivity contribution in [2.45, 2.75) is 39.0 Å². The number of benzene rings is 1. The van der Waals surface area contributed by atoms with Gasteiger partial charge in [-0.3, -0.25) is 10.2 Å². The molecule has 5 rings (SSSR count). The molecule has 142 valence electrons. The van der Waals surface area contributed by atoms with Crippen molar-refractivity contribution in [1.82, 2.24) is 9.97 Å². The van der Waals surface area contributed by atoms with Crippen LogP contribution in [0.15, 0.2) is 35.7 Å². The Hall–Kier alpha value is -2.80. The lowest BCUT2D eigenvalue weighted by Crippen LogP contribution is -2.23. The molecule has 1 N–H and O–H groups in total. The van der Waals surface area contributed by atoms with Crippen LogP contribution in [0, 0.1) is 0 Å². The maximum atomic E-state index is 11.9. The Kier molecular flexibility index (Phi) is 4.31. The highest BCUT2D eigenvalue weighted by atomic mass is 32.1. The summed E-state index contributed by atoms with van der Waals surface area (Å²) in [6.07, 6.45) is 6.62. The largest absolute Gasteiger partial charge is 0.312 e. The van der Waals surface area contributed by atoms with E-state index in [0.29, 0.717) is 6.42 Å². The Labute approximate surface area is 167 Å². The molecule has 1 amide bonds. The van der Waals surface area contributed by atoms with Gasteiger partial charge < -0.3 is 4.90 Å². The molecule has 0 spiro atoms. The van der Waals surface area contributed by atoms with Crippen molar-refractivity contribution in [2.24, 2.45) is 5.10 Å². The summed E-state index contributed by atoms with van der Waals surface area (Å²) < 4.78 is 0. The lowest BCUT2D eigenvalue weighted by Gasteiger charge is -2.15. The number of nitrogens with one attached hydrogen (secondary N) is 1.